The first kappa shape index (κ1) is 21.7. The van der Waals surface area contributed by atoms with Crippen molar-refractivity contribution in [1.29, 1.82) is 0 Å². The third-order valence-electron chi connectivity index (χ3n) is 9.66. The van der Waals surface area contributed by atoms with E-state index in [0.717, 1.165) is 35.5 Å². The fourth-order valence-corrected chi connectivity index (χ4v) is 8.65. The van der Waals surface area contributed by atoms with Crippen LogP contribution in [0.3, 0.4) is 0 Å². The molecule has 4 saturated carbocycles. The monoisotopic (exact) mass is 376 g/mol. The standard InChI is InChI=1S/C24H42O.C2H6/c1-4-6-17-9-11-19-18(15-17)10-12-21-20(19)13-14-24(3)22(16(2)25)7-5-8-23(21)24;1-2/h16-23,25H,4-15H2,1-3H3;1-2H3. The van der Waals surface area contributed by atoms with Gasteiger partial charge in [-0.2, -0.15) is 0 Å². The van der Waals surface area contributed by atoms with E-state index >= 15 is 0 Å². The summed E-state index contributed by atoms with van der Waals surface area (Å²) < 4.78 is 0. The Balaban J connectivity index is 0.00000102. The lowest BCUT2D eigenvalue weighted by Gasteiger charge is -2.61. The minimum atomic E-state index is -0.106. The fourth-order valence-electron chi connectivity index (χ4n) is 8.65. The fraction of sp³-hybridized carbons (Fsp3) is 1.00. The van der Waals surface area contributed by atoms with E-state index < -0.39 is 0 Å². The van der Waals surface area contributed by atoms with Crippen LogP contribution >= 0.6 is 0 Å². The quantitative estimate of drug-likeness (QED) is 0.541. The summed E-state index contributed by atoms with van der Waals surface area (Å²) in [4.78, 5) is 0. The van der Waals surface area contributed by atoms with Gasteiger partial charge in [-0.1, -0.05) is 53.4 Å². The maximum absolute atomic E-state index is 10.4. The summed E-state index contributed by atoms with van der Waals surface area (Å²) in [6.45, 7) is 11.0. The van der Waals surface area contributed by atoms with Crippen LogP contribution in [0.15, 0.2) is 0 Å². The highest BCUT2D eigenvalue weighted by Crippen LogP contribution is 2.63. The number of hydrogen-bond acceptors (Lipinski definition) is 1. The Bertz CT molecular complexity index is 457. The first-order valence-electron chi connectivity index (χ1n) is 12.7. The number of fused-ring (bicyclic) bond motifs is 5. The largest absolute Gasteiger partial charge is 0.393 e. The van der Waals surface area contributed by atoms with Crippen molar-refractivity contribution < 1.29 is 5.11 Å². The van der Waals surface area contributed by atoms with Gasteiger partial charge in [-0.15, -0.1) is 0 Å². The molecule has 0 bridgehead atoms. The lowest BCUT2D eigenvalue weighted by atomic mass is 9.44. The molecule has 4 aliphatic rings. The second-order valence-corrected chi connectivity index (χ2v) is 10.7. The SMILES string of the molecule is CC.CCCC1CCC2C(CCC3C2CCC2(C)C(C(C)O)CCCC32)C1. The Morgan fingerprint density at radius 3 is 2.37 bits per heavy atom. The van der Waals surface area contributed by atoms with Crippen molar-refractivity contribution in [3.63, 3.8) is 0 Å². The van der Waals surface area contributed by atoms with Crippen LogP contribution in [0.2, 0.25) is 0 Å². The number of aliphatic hydroxyl groups is 1. The maximum atomic E-state index is 10.4. The molecule has 0 amide bonds. The predicted octanol–water partition coefficient (Wildman–Crippen LogP) is 7.47. The smallest absolute Gasteiger partial charge is 0.0545 e. The van der Waals surface area contributed by atoms with Gasteiger partial charge < -0.3 is 5.11 Å². The van der Waals surface area contributed by atoms with Gasteiger partial charge in [-0.3, -0.25) is 0 Å². The molecule has 0 saturated heterocycles. The van der Waals surface area contributed by atoms with Crippen molar-refractivity contribution >= 4 is 0 Å². The van der Waals surface area contributed by atoms with Crippen molar-refractivity contribution in [3.05, 3.63) is 0 Å². The third kappa shape index (κ3) is 4.01. The van der Waals surface area contributed by atoms with Crippen LogP contribution in [-0.4, -0.2) is 11.2 Å². The number of rotatable bonds is 3. The van der Waals surface area contributed by atoms with Crippen LogP contribution in [0.25, 0.3) is 0 Å². The number of aliphatic hydroxyl groups excluding tert-OH is 1. The van der Waals surface area contributed by atoms with E-state index in [1.54, 1.807) is 12.8 Å². The summed E-state index contributed by atoms with van der Waals surface area (Å²) >= 11 is 0. The Labute approximate surface area is 170 Å². The minimum Gasteiger partial charge on any atom is -0.393 e. The first-order valence-corrected chi connectivity index (χ1v) is 12.7. The van der Waals surface area contributed by atoms with Crippen molar-refractivity contribution in [2.45, 2.75) is 118 Å². The van der Waals surface area contributed by atoms with Crippen LogP contribution in [0.1, 0.15) is 112 Å². The average molecular weight is 377 g/mol. The molecule has 9 unspecified atom stereocenters. The van der Waals surface area contributed by atoms with Crippen LogP contribution in [0, 0.1) is 46.8 Å². The van der Waals surface area contributed by atoms with Gasteiger partial charge in [0.05, 0.1) is 6.10 Å². The van der Waals surface area contributed by atoms with Crippen LogP contribution in [-0.2, 0) is 0 Å². The molecule has 0 spiro atoms. The van der Waals surface area contributed by atoms with Crippen LogP contribution in [0.4, 0.5) is 0 Å². The molecule has 1 heteroatoms. The average Bonchev–Trinajstić information content (AvgIpc) is 2.68. The Hall–Kier alpha value is -0.0400. The van der Waals surface area contributed by atoms with Gasteiger partial charge in [-0.05, 0) is 105 Å². The van der Waals surface area contributed by atoms with Crippen LogP contribution in [0.5, 0.6) is 0 Å². The highest BCUT2D eigenvalue weighted by atomic mass is 16.3. The van der Waals surface area contributed by atoms with Crippen LogP contribution < -0.4 is 0 Å². The molecule has 27 heavy (non-hydrogen) atoms. The van der Waals surface area contributed by atoms with E-state index in [2.05, 4.69) is 20.8 Å². The van der Waals surface area contributed by atoms with Gasteiger partial charge in [0.25, 0.3) is 0 Å². The molecule has 0 aromatic heterocycles. The molecule has 1 nitrogen and oxygen atoms in total. The molecular weight excluding hydrogens is 328 g/mol. The summed E-state index contributed by atoms with van der Waals surface area (Å²) in [6, 6.07) is 0. The topological polar surface area (TPSA) is 20.2 Å². The first-order chi connectivity index (χ1) is 13.0. The van der Waals surface area contributed by atoms with E-state index in [0.29, 0.717) is 11.3 Å². The molecular formula is C26H48O. The molecule has 0 heterocycles. The minimum absolute atomic E-state index is 0.106. The van der Waals surface area contributed by atoms with Gasteiger partial charge in [0.2, 0.25) is 0 Å². The van der Waals surface area contributed by atoms with Crippen molar-refractivity contribution in [1.82, 2.24) is 0 Å². The van der Waals surface area contributed by atoms with E-state index in [4.69, 9.17) is 0 Å². The summed E-state index contributed by atoms with van der Waals surface area (Å²) in [5.41, 5.74) is 0.430. The zero-order chi connectivity index (χ0) is 19.6. The summed E-state index contributed by atoms with van der Waals surface area (Å²) in [6.07, 6.45) is 17.4. The second kappa shape index (κ2) is 9.19. The van der Waals surface area contributed by atoms with E-state index in [9.17, 15) is 5.11 Å². The van der Waals surface area contributed by atoms with Gasteiger partial charge >= 0.3 is 0 Å². The van der Waals surface area contributed by atoms with E-state index in [1.165, 1.54) is 64.2 Å². The highest BCUT2D eigenvalue weighted by Gasteiger charge is 2.55. The normalized spacial score (nSPS) is 47.6. The molecule has 1 N–H and O–H groups in total. The lowest BCUT2D eigenvalue weighted by molar-refractivity contribution is -0.131. The molecule has 0 aliphatic heterocycles. The second-order valence-electron chi connectivity index (χ2n) is 10.7. The summed E-state index contributed by atoms with van der Waals surface area (Å²) in [5, 5.41) is 10.4. The molecule has 9 atom stereocenters. The highest BCUT2D eigenvalue weighted by molar-refractivity contribution is 5.05. The van der Waals surface area contributed by atoms with Gasteiger partial charge in [0.1, 0.15) is 0 Å². The Morgan fingerprint density at radius 2 is 1.67 bits per heavy atom. The summed E-state index contributed by atoms with van der Waals surface area (Å²) in [7, 11) is 0. The molecule has 0 aromatic carbocycles. The van der Waals surface area contributed by atoms with Crippen molar-refractivity contribution in [2.24, 2.45) is 46.8 Å². The molecule has 4 fully saturated rings. The van der Waals surface area contributed by atoms with Gasteiger partial charge in [-0.25, -0.2) is 0 Å². The molecule has 0 radical (unpaired) electrons. The maximum Gasteiger partial charge on any atom is 0.0545 e. The van der Waals surface area contributed by atoms with Crippen molar-refractivity contribution in [3.8, 4) is 0 Å². The molecule has 4 rings (SSSR count). The third-order valence-corrected chi connectivity index (χ3v) is 9.66. The Kier molecular flexibility index (Phi) is 7.37. The van der Waals surface area contributed by atoms with E-state index in [1.807, 2.05) is 13.8 Å². The zero-order valence-electron chi connectivity index (χ0n) is 19.1. The van der Waals surface area contributed by atoms with Gasteiger partial charge in [0, 0.05) is 0 Å². The molecule has 158 valence electrons. The number of hydrogen-bond donors (Lipinski definition) is 1. The predicted molar refractivity (Wildman–Crippen MR) is 117 cm³/mol. The zero-order valence-corrected chi connectivity index (χ0v) is 19.1. The molecule has 4 aliphatic carbocycles. The van der Waals surface area contributed by atoms with Gasteiger partial charge in [0.15, 0.2) is 0 Å². The van der Waals surface area contributed by atoms with E-state index in [-0.39, 0.29) is 6.10 Å². The molecule has 0 aromatic rings. The lowest BCUT2D eigenvalue weighted by Crippen LogP contribution is -2.54. The Morgan fingerprint density at radius 1 is 0.926 bits per heavy atom. The van der Waals surface area contributed by atoms with Crippen molar-refractivity contribution in [2.75, 3.05) is 0 Å². The summed E-state index contributed by atoms with van der Waals surface area (Å²) in [5.74, 6) is 6.66.